The summed E-state index contributed by atoms with van der Waals surface area (Å²) in [6.45, 7) is 5.14. The molecular weight excluding hydrogens is 309 g/mol. The fraction of sp³-hybridized carbons (Fsp3) is 0.286. The lowest BCUT2D eigenvalue weighted by molar-refractivity contribution is -0.387. The van der Waals surface area contributed by atoms with Crippen molar-refractivity contribution in [3.05, 3.63) is 46.4 Å². The zero-order valence-electron chi connectivity index (χ0n) is 12.6. The standard InChI is InChI=1S/C14H14FN3O5/c1-14(2,3)23-13(19)17-7-6-12(16-17)22-9-4-5-11(18(20)21)10(15)8-9/h4-8H,1-3H3. The number of hydrogen-bond donors (Lipinski definition) is 0. The normalized spacial score (nSPS) is 11.1. The number of benzene rings is 1. The van der Waals surface area contributed by atoms with Crippen molar-refractivity contribution in [3.8, 4) is 11.6 Å². The van der Waals surface area contributed by atoms with E-state index in [1.807, 2.05) is 0 Å². The predicted molar refractivity (Wildman–Crippen MR) is 77.0 cm³/mol. The Labute approximate surface area is 130 Å². The molecule has 0 fully saturated rings. The summed E-state index contributed by atoms with van der Waals surface area (Å²) in [5.41, 5.74) is -1.33. The maximum atomic E-state index is 13.5. The fourth-order valence-corrected chi connectivity index (χ4v) is 1.59. The summed E-state index contributed by atoms with van der Waals surface area (Å²) in [4.78, 5) is 21.5. The van der Waals surface area contributed by atoms with Crippen molar-refractivity contribution >= 4 is 11.8 Å². The van der Waals surface area contributed by atoms with Crippen molar-refractivity contribution in [2.75, 3.05) is 0 Å². The lowest BCUT2D eigenvalue weighted by Gasteiger charge is -2.18. The van der Waals surface area contributed by atoms with Gasteiger partial charge in [-0.25, -0.2) is 4.79 Å². The van der Waals surface area contributed by atoms with Crippen molar-refractivity contribution in [1.82, 2.24) is 9.78 Å². The first-order chi connectivity index (χ1) is 10.7. The van der Waals surface area contributed by atoms with E-state index < -0.39 is 28.1 Å². The highest BCUT2D eigenvalue weighted by Crippen LogP contribution is 2.25. The van der Waals surface area contributed by atoms with E-state index in [1.54, 1.807) is 20.8 Å². The van der Waals surface area contributed by atoms with Crippen LogP contribution < -0.4 is 4.74 Å². The summed E-state index contributed by atoms with van der Waals surface area (Å²) < 4.78 is 24.8. The van der Waals surface area contributed by atoms with Crippen LogP contribution in [0.2, 0.25) is 0 Å². The Morgan fingerprint density at radius 3 is 2.61 bits per heavy atom. The lowest BCUT2D eigenvalue weighted by atomic mass is 10.2. The Hall–Kier alpha value is -2.97. The maximum Gasteiger partial charge on any atom is 0.435 e. The third kappa shape index (κ3) is 4.25. The number of halogens is 1. The van der Waals surface area contributed by atoms with Crippen LogP contribution in [0.4, 0.5) is 14.9 Å². The summed E-state index contributed by atoms with van der Waals surface area (Å²) in [6, 6.07) is 4.46. The molecule has 0 N–H and O–H groups in total. The van der Waals surface area contributed by atoms with Gasteiger partial charge in [0.15, 0.2) is 0 Å². The summed E-state index contributed by atoms with van der Waals surface area (Å²) >= 11 is 0. The molecule has 9 heteroatoms. The average Bonchev–Trinajstić information content (AvgIpc) is 2.85. The largest absolute Gasteiger partial charge is 0.442 e. The van der Waals surface area contributed by atoms with Crippen LogP contribution in [-0.4, -0.2) is 26.4 Å². The molecule has 0 bridgehead atoms. The van der Waals surface area contributed by atoms with Crippen LogP contribution >= 0.6 is 0 Å². The molecule has 8 nitrogen and oxygen atoms in total. The molecule has 0 saturated heterocycles. The minimum absolute atomic E-state index is 0.0162. The number of nitrogens with zero attached hydrogens (tertiary/aromatic N) is 3. The van der Waals surface area contributed by atoms with Crippen molar-refractivity contribution < 1.29 is 23.6 Å². The Balaban J connectivity index is 2.12. The number of aromatic nitrogens is 2. The van der Waals surface area contributed by atoms with E-state index in [0.717, 1.165) is 16.8 Å². The van der Waals surface area contributed by atoms with Crippen LogP contribution in [0.1, 0.15) is 20.8 Å². The molecule has 2 aromatic rings. The van der Waals surface area contributed by atoms with Crippen molar-refractivity contribution in [2.24, 2.45) is 0 Å². The van der Waals surface area contributed by atoms with Crippen molar-refractivity contribution in [1.29, 1.82) is 0 Å². The highest BCUT2D eigenvalue weighted by molar-refractivity contribution is 5.69. The molecule has 0 aliphatic carbocycles. The Bertz CT molecular complexity index is 751. The van der Waals surface area contributed by atoms with E-state index in [2.05, 4.69) is 5.10 Å². The van der Waals surface area contributed by atoms with Crippen molar-refractivity contribution in [2.45, 2.75) is 26.4 Å². The first kappa shape index (κ1) is 16.4. The lowest BCUT2D eigenvalue weighted by Crippen LogP contribution is -2.27. The summed E-state index contributed by atoms with van der Waals surface area (Å²) in [5, 5.41) is 14.4. The number of carbonyl (C=O) groups is 1. The number of carbonyl (C=O) groups excluding carboxylic acids is 1. The Morgan fingerprint density at radius 2 is 2.04 bits per heavy atom. The third-order valence-electron chi connectivity index (χ3n) is 2.48. The molecule has 0 radical (unpaired) electrons. The minimum atomic E-state index is -1.03. The summed E-state index contributed by atoms with van der Waals surface area (Å²) in [7, 11) is 0. The van der Waals surface area contributed by atoms with Gasteiger partial charge in [-0.05, 0) is 26.8 Å². The van der Waals surface area contributed by atoms with E-state index in [-0.39, 0.29) is 11.6 Å². The molecule has 1 heterocycles. The van der Waals surface area contributed by atoms with Crippen LogP contribution in [0, 0.1) is 15.9 Å². The van der Waals surface area contributed by atoms with Gasteiger partial charge in [0.25, 0.3) is 0 Å². The Morgan fingerprint density at radius 1 is 1.35 bits per heavy atom. The summed E-state index contributed by atoms with van der Waals surface area (Å²) in [6.07, 6.45) is 0.632. The van der Waals surface area contributed by atoms with Gasteiger partial charge in [-0.2, -0.15) is 9.07 Å². The van der Waals surface area contributed by atoms with Gasteiger partial charge in [0.2, 0.25) is 11.7 Å². The van der Waals surface area contributed by atoms with E-state index in [0.29, 0.717) is 0 Å². The second-order valence-electron chi connectivity index (χ2n) is 5.55. The van der Waals surface area contributed by atoms with Gasteiger partial charge in [0.1, 0.15) is 11.4 Å². The molecule has 0 saturated carbocycles. The number of ether oxygens (including phenoxy) is 2. The molecule has 1 aromatic carbocycles. The predicted octanol–water partition coefficient (Wildman–Crippen LogP) is 3.51. The fourth-order valence-electron chi connectivity index (χ4n) is 1.59. The van der Waals surface area contributed by atoms with Crippen LogP contribution in [0.3, 0.4) is 0 Å². The highest BCUT2D eigenvalue weighted by atomic mass is 19.1. The van der Waals surface area contributed by atoms with Crippen LogP contribution in [0.25, 0.3) is 0 Å². The average molecular weight is 323 g/mol. The molecule has 0 aliphatic rings. The molecule has 2 rings (SSSR count). The summed E-state index contributed by atoms with van der Waals surface area (Å²) in [5.74, 6) is -0.995. The molecule has 1 aromatic heterocycles. The highest BCUT2D eigenvalue weighted by Gasteiger charge is 2.19. The third-order valence-corrected chi connectivity index (χ3v) is 2.48. The molecule has 0 atom stereocenters. The molecule has 0 amide bonds. The van der Waals surface area contributed by atoms with Crippen molar-refractivity contribution in [3.63, 3.8) is 0 Å². The second kappa shape index (κ2) is 6.03. The van der Waals surface area contributed by atoms with Gasteiger partial charge >= 0.3 is 11.8 Å². The van der Waals surface area contributed by atoms with E-state index in [1.165, 1.54) is 18.3 Å². The molecule has 122 valence electrons. The number of nitro groups is 1. The second-order valence-corrected chi connectivity index (χ2v) is 5.55. The number of hydrogen-bond acceptors (Lipinski definition) is 6. The number of nitro benzene ring substituents is 1. The van der Waals surface area contributed by atoms with Gasteiger partial charge in [0.05, 0.1) is 4.92 Å². The molecule has 0 spiro atoms. The van der Waals surface area contributed by atoms with Crippen LogP contribution in [0.5, 0.6) is 11.6 Å². The maximum absolute atomic E-state index is 13.5. The van der Waals surface area contributed by atoms with Gasteiger partial charge in [-0.15, -0.1) is 5.10 Å². The van der Waals surface area contributed by atoms with Gasteiger partial charge in [-0.3, -0.25) is 10.1 Å². The molecule has 0 aliphatic heterocycles. The minimum Gasteiger partial charge on any atom is -0.442 e. The van der Waals surface area contributed by atoms with E-state index in [9.17, 15) is 19.3 Å². The quantitative estimate of drug-likeness (QED) is 0.633. The van der Waals surface area contributed by atoms with Crippen LogP contribution in [-0.2, 0) is 4.74 Å². The first-order valence-corrected chi connectivity index (χ1v) is 6.56. The topological polar surface area (TPSA) is 96.5 Å². The molecule has 0 unspecified atom stereocenters. The Kier molecular flexibility index (Phi) is 4.30. The van der Waals surface area contributed by atoms with Gasteiger partial charge in [0, 0.05) is 24.4 Å². The SMILES string of the molecule is CC(C)(C)OC(=O)n1ccc(Oc2ccc([N+](=O)[O-])c(F)c2)n1. The van der Waals surface area contributed by atoms with Crippen LogP contribution in [0.15, 0.2) is 30.5 Å². The monoisotopic (exact) mass is 323 g/mol. The molecular formula is C14H14FN3O5. The van der Waals surface area contributed by atoms with Gasteiger partial charge < -0.3 is 9.47 Å². The zero-order chi connectivity index (χ0) is 17.2. The van der Waals surface area contributed by atoms with Gasteiger partial charge in [-0.1, -0.05) is 0 Å². The smallest absolute Gasteiger partial charge is 0.435 e. The van der Waals surface area contributed by atoms with E-state index in [4.69, 9.17) is 9.47 Å². The first-order valence-electron chi connectivity index (χ1n) is 6.56. The molecule has 23 heavy (non-hydrogen) atoms. The zero-order valence-corrected chi connectivity index (χ0v) is 12.6. The van der Waals surface area contributed by atoms with E-state index >= 15 is 0 Å². The number of rotatable bonds is 3.